The van der Waals surface area contributed by atoms with Crippen molar-refractivity contribution >= 4 is 11.8 Å². The second-order valence-electron chi connectivity index (χ2n) is 5.21. The monoisotopic (exact) mass is 298 g/mol. The molecule has 0 aliphatic heterocycles. The van der Waals surface area contributed by atoms with Crippen molar-refractivity contribution in [1.82, 2.24) is 5.43 Å². The van der Waals surface area contributed by atoms with Crippen LogP contribution in [0.15, 0.2) is 18.2 Å². The van der Waals surface area contributed by atoms with Crippen LogP contribution in [-0.4, -0.2) is 18.1 Å². The van der Waals surface area contributed by atoms with Crippen LogP contribution in [0.3, 0.4) is 0 Å². The minimum Gasteiger partial charge on any atom is -0.494 e. The lowest BCUT2D eigenvalue weighted by Gasteiger charge is -2.24. The number of ether oxygens (including phenoxy) is 1. The van der Waals surface area contributed by atoms with Crippen LogP contribution in [0.5, 0.6) is 5.75 Å². The maximum Gasteiger partial charge on any atom is 0.165 e. The van der Waals surface area contributed by atoms with Crippen molar-refractivity contribution in [1.29, 1.82) is 0 Å². The van der Waals surface area contributed by atoms with Gasteiger partial charge in [0.15, 0.2) is 11.6 Å². The van der Waals surface area contributed by atoms with Gasteiger partial charge in [-0.15, -0.1) is 0 Å². The van der Waals surface area contributed by atoms with Crippen LogP contribution in [0.1, 0.15) is 43.7 Å². The molecule has 5 heteroatoms. The first-order valence-corrected chi connectivity index (χ1v) is 8.20. The van der Waals surface area contributed by atoms with Gasteiger partial charge in [-0.2, -0.15) is 11.8 Å². The average Bonchev–Trinajstić information content (AvgIpc) is 2.49. The van der Waals surface area contributed by atoms with E-state index in [0.717, 1.165) is 16.6 Å². The van der Waals surface area contributed by atoms with Crippen LogP contribution in [0, 0.1) is 5.82 Å². The van der Waals surface area contributed by atoms with E-state index in [9.17, 15) is 4.39 Å². The van der Waals surface area contributed by atoms with Gasteiger partial charge >= 0.3 is 0 Å². The largest absolute Gasteiger partial charge is 0.494 e. The van der Waals surface area contributed by atoms with Gasteiger partial charge in [0, 0.05) is 11.0 Å². The number of hydrazine groups is 1. The van der Waals surface area contributed by atoms with Crippen LogP contribution in [0.4, 0.5) is 4.39 Å². The number of rotatable bonds is 6. The minimum absolute atomic E-state index is 0.0256. The van der Waals surface area contributed by atoms with Crippen molar-refractivity contribution in [3.8, 4) is 5.75 Å². The van der Waals surface area contributed by atoms with Crippen LogP contribution in [0.2, 0.25) is 0 Å². The van der Waals surface area contributed by atoms with E-state index in [0.29, 0.717) is 0 Å². The third-order valence-corrected chi connectivity index (χ3v) is 5.30. The summed E-state index contributed by atoms with van der Waals surface area (Å²) in [6, 6.07) is 5.00. The minimum atomic E-state index is -0.340. The molecule has 1 aliphatic carbocycles. The molecular formula is C15H23FN2OS. The van der Waals surface area contributed by atoms with Gasteiger partial charge in [-0.3, -0.25) is 11.3 Å². The average molecular weight is 298 g/mol. The molecule has 20 heavy (non-hydrogen) atoms. The topological polar surface area (TPSA) is 47.3 Å². The Morgan fingerprint density at radius 2 is 2.15 bits per heavy atom. The highest BCUT2D eigenvalue weighted by atomic mass is 32.2. The zero-order chi connectivity index (χ0) is 14.4. The highest BCUT2D eigenvalue weighted by Crippen LogP contribution is 2.31. The zero-order valence-corrected chi connectivity index (χ0v) is 12.7. The summed E-state index contributed by atoms with van der Waals surface area (Å²) in [4.78, 5) is 0. The molecule has 0 spiro atoms. The van der Waals surface area contributed by atoms with E-state index in [-0.39, 0.29) is 17.6 Å². The van der Waals surface area contributed by atoms with Gasteiger partial charge in [-0.25, -0.2) is 4.39 Å². The summed E-state index contributed by atoms with van der Waals surface area (Å²) >= 11 is 1.94. The number of benzene rings is 1. The first-order valence-electron chi connectivity index (χ1n) is 7.15. The second-order valence-corrected chi connectivity index (χ2v) is 6.54. The van der Waals surface area contributed by atoms with Gasteiger partial charge in [-0.1, -0.05) is 25.3 Å². The molecule has 112 valence electrons. The predicted octanol–water partition coefficient (Wildman–Crippen LogP) is 3.40. The molecule has 0 heterocycles. The zero-order valence-electron chi connectivity index (χ0n) is 11.9. The molecule has 1 fully saturated rings. The number of hydrogen-bond donors (Lipinski definition) is 2. The Hall–Kier alpha value is -0.780. The molecule has 1 unspecified atom stereocenters. The third kappa shape index (κ3) is 4.11. The molecule has 3 N–H and O–H groups in total. The van der Waals surface area contributed by atoms with Gasteiger partial charge < -0.3 is 4.74 Å². The van der Waals surface area contributed by atoms with E-state index in [4.69, 9.17) is 10.6 Å². The summed E-state index contributed by atoms with van der Waals surface area (Å²) < 4.78 is 18.7. The van der Waals surface area contributed by atoms with Crippen LogP contribution in [-0.2, 0) is 0 Å². The number of methoxy groups -OCH3 is 1. The fourth-order valence-corrected chi connectivity index (χ4v) is 4.02. The van der Waals surface area contributed by atoms with Crippen molar-refractivity contribution < 1.29 is 9.13 Å². The van der Waals surface area contributed by atoms with Crippen LogP contribution >= 0.6 is 11.8 Å². The fourth-order valence-electron chi connectivity index (χ4n) is 2.60. The first-order chi connectivity index (χ1) is 9.74. The summed E-state index contributed by atoms with van der Waals surface area (Å²) in [6.45, 7) is 0. The highest BCUT2D eigenvalue weighted by Gasteiger charge is 2.18. The molecule has 3 nitrogen and oxygen atoms in total. The number of halogens is 1. The van der Waals surface area contributed by atoms with E-state index in [1.807, 2.05) is 17.8 Å². The Morgan fingerprint density at radius 3 is 2.75 bits per heavy atom. The van der Waals surface area contributed by atoms with Gasteiger partial charge in [0.25, 0.3) is 0 Å². The molecule has 1 aliphatic rings. The molecular weight excluding hydrogens is 275 g/mol. The standard InChI is InChI=1S/C15H23FN2OS/c1-19-15-8-7-11(9-13(15)16)14(18-17)10-20-12-5-3-2-4-6-12/h7-9,12,14,18H,2-6,10,17H2,1H3. The van der Waals surface area contributed by atoms with Crippen molar-refractivity contribution in [3.63, 3.8) is 0 Å². The molecule has 0 saturated heterocycles. The Morgan fingerprint density at radius 1 is 1.40 bits per heavy atom. The SMILES string of the molecule is COc1ccc(C(CSC2CCCCC2)NN)cc1F. The smallest absolute Gasteiger partial charge is 0.165 e. The Balaban J connectivity index is 1.94. The first kappa shape index (κ1) is 15.6. The Labute approximate surface area is 124 Å². The summed E-state index contributed by atoms with van der Waals surface area (Å²) in [5.74, 6) is 6.42. The van der Waals surface area contributed by atoms with E-state index >= 15 is 0 Å². The van der Waals surface area contributed by atoms with Crippen molar-refractivity contribution in [2.75, 3.05) is 12.9 Å². The summed E-state index contributed by atoms with van der Waals surface area (Å²) in [5.41, 5.74) is 3.66. The molecule has 1 atom stereocenters. The number of nitrogens with two attached hydrogens (primary N) is 1. The van der Waals surface area contributed by atoms with Crippen LogP contribution in [0.25, 0.3) is 0 Å². The third-order valence-electron chi connectivity index (χ3n) is 3.83. The number of thioether (sulfide) groups is 1. The number of hydrogen-bond acceptors (Lipinski definition) is 4. The molecule has 0 amide bonds. The second kappa shape index (κ2) is 7.86. The lowest BCUT2D eigenvalue weighted by Crippen LogP contribution is -2.30. The summed E-state index contributed by atoms with van der Waals surface area (Å²) in [5, 5.41) is 0.725. The van der Waals surface area contributed by atoms with Crippen molar-refractivity contribution in [2.45, 2.75) is 43.4 Å². The Kier molecular flexibility index (Phi) is 6.13. The molecule has 1 saturated carbocycles. The molecule has 2 rings (SSSR count). The molecule has 1 aromatic rings. The quantitative estimate of drug-likeness (QED) is 0.624. The predicted molar refractivity (Wildman–Crippen MR) is 82.3 cm³/mol. The van der Waals surface area contributed by atoms with E-state index in [1.54, 1.807) is 6.07 Å². The van der Waals surface area contributed by atoms with Gasteiger partial charge in [0.2, 0.25) is 0 Å². The van der Waals surface area contributed by atoms with E-state index in [1.165, 1.54) is 45.3 Å². The van der Waals surface area contributed by atoms with E-state index in [2.05, 4.69) is 5.43 Å². The maximum atomic E-state index is 13.7. The van der Waals surface area contributed by atoms with Gasteiger partial charge in [-0.05, 0) is 30.5 Å². The Bertz CT molecular complexity index is 424. The van der Waals surface area contributed by atoms with Gasteiger partial charge in [0.1, 0.15) is 0 Å². The molecule has 0 aromatic heterocycles. The maximum absolute atomic E-state index is 13.7. The normalized spacial score (nSPS) is 17.9. The lowest BCUT2D eigenvalue weighted by molar-refractivity contribution is 0.385. The molecule has 0 radical (unpaired) electrons. The fraction of sp³-hybridized carbons (Fsp3) is 0.600. The summed E-state index contributed by atoms with van der Waals surface area (Å²) in [7, 11) is 1.47. The summed E-state index contributed by atoms with van der Waals surface area (Å²) in [6.07, 6.45) is 6.60. The number of nitrogens with one attached hydrogen (secondary N) is 1. The van der Waals surface area contributed by atoms with Crippen molar-refractivity contribution in [2.24, 2.45) is 5.84 Å². The molecule has 0 bridgehead atoms. The lowest BCUT2D eigenvalue weighted by atomic mass is 10.0. The molecule has 1 aromatic carbocycles. The van der Waals surface area contributed by atoms with Crippen LogP contribution < -0.4 is 16.0 Å². The van der Waals surface area contributed by atoms with Crippen molar-refractivity contribution in [3.05, 3.63) is 29.6 Å². The van der Waals surface area contributed by atoms with E-state index < -0.39 is 0 Å². The highest BCUT2D eigenvalue weighted by molar-refractivity contribution is 7.99. The van der Waals surface area contributed by atoms with Gasteiger partial charge in [0.05, 0.1) is 13.2 Å².